The van der Waals surface area contributed by atoms with Crippen molar-refractivity contribution in [1.29, 1.82) is 0 Å². The van der Waals surface area contributed by atoms with Gasteiger partial charge in [-0.3, -0.25) is 4.79 Å². The van der Waals surface area contributed by atoms with Crippen LogP contribution in [0.5, 0.6) is 0 Å². The van der Waals surface area contributed by atoms with E-state index in [2.05, 4.69) is 5.32 Å². The molecule has 0 aliphatic carbocycles. The molecule has 120 valence electrons. The van der Waals surface area contributed by atoms with Crippen LogP contribution in [0.2, 0.25) is 5.02 Å². The number of amides is 1. The van der Waals surface area contributed by atoms with Gasteiger partial charge in [0.05, 0.1) is 5.56 Å². The fourth-order valence-electron chi connectivity index (χ4n) is 1.94. The van der Waals surface area contributed by atoms with Crippen LogP contribution in [0.3, 0.4) is 0 Å². The minimum atomic E-state index is -0.915. The Hall–Kier alpha value is -2.33. The average molecular weight is 332 g/mol. The third-order valence-corrected chi connectivity index (χ3v) is 3.63. The van der Waals surface area contributed by atoms with Gasteiger partial charge < -0.3 is 10.1 Å². The number of esters is 1. The van der Waals surface area contributed by atoms with E-state index in [-0.39, 0.29) is 0 Å². The van der Waals surface area contributed by atoms with Crippen molar-refractivity contribution >= 4 is 29.2 Å². The molecule has 2 aromatic carbocycles. The third kappa shape index (κ3) is 4.57. The first-order chi connectivity index (χ1) is 10.9. The zero-order valence-corrected chi connectivity index (χ0v) is 14.0. The van der Waals surface area contributed by atoms with E-state index in [0.29, 0.717) is 16.3 Å². The minimum Gasteiger partial charge on any atom is -0.449 e. The zero-order chi connectivity index (χ0) is 17.0. The highest BCUT2D eigenvalue weighted by Crippen LogP contribution is 2.20. The number of carbonyl (C=O) groups is 2. The van der Waals surface area contributed by atoms with Gasteiger partial charge in [0, 0.05) is 10.7 Å². The molecule has 0 spiro atoms. The zero-order valence-electron chi connectivity index (χ0n) is 13.2. The molecule has 5 heteroatoms. The van der Waals surface area contributed by atoms with Crippen LogP contribution in [0.15, 0.2) is 42.5 Å². The van der Waals surface area contributed by atoms with Crippen LogP contribution in [-0.2, 0) is 9.53 Å². The largest absolute Gasteiger partial charge is 0.449 e. The molecule has 23 heavy (non-hydrogen) atoms. The van der Waals surface area contributed by atoms with Crippen LogP contribution in [0.25, 0.3) is 0 Å². The number of benzene rings is 2. The molecule has 1 N–H and O–H groups in total. The first-order valence-corrected chi connectivity index (χ1v) is 7.59. The molecule has 0 heterocycles. The quantitative estimate of drug-likeness (QED) is 0.857. The van der Waals surface area contributed by atoms with Crippen LogP contribution in [0.1, 0.15) is 28.4 Å². The number of hydrogen-bond donors (Lipinski definition) is 1. The Morgan fingerprint density at radius 2 is 1.74 bits per heavy atom. The Morgan fingerprint density at radius 3 is 2.39 bits per heavy atom. The van der Waals surface area contributed by atoms with Crippen LogP contribution < -0.4 is 5.32 Å². The van der Waals surface area contributed by atoms with Gasteiger partial charge in [0.15, 0.2) is 6.10 Å². The molecule has 2 aromatic rings. The molecule has 0 aliphatic heterocycles. The first-order valence-electron chi connectivity index (χ1n) is 7.21. The highest BCUT2D eigenvalue weighted by atomic mass is 35.5. The summed E-state index contributed by atoms with van der Waals surface area (Å²) in [6.45, 7) is 5.31. The van der Waals surface area contributed by atoms with Gasteiger partial charge in [-0.1, -0.05) is 35.4 Å². The van der Waals surface area contributed by atoms with Crippen molar-refractivity contribution < 1.29 is 14.3 Å². The lowest BCUT2D eigenvalue weighted by Crippen LogP contribution is -2.30. The molecule has 4 nitrogen and oxygen atoms in total. The number of nitrogens with one attached hydrogen (secondary N) is 1. The Bertz CT molecular complexity index is 726. The summed E-state index contributed by atoms with van der Waals surface area (Å²) in [6.07, 6.45) is -0.915. The number of carbonyl (C=O) groups excluding carboxylic acids is 2. The predicted octanol–water partition coefficient (Wildman–Crippen LogP) is 4.14. The molecule has 1 amide bonds. The Kier molecular flexibility index (Phi) is 5.40. The SMILES string of the molecule is Cc1ccc(C(=O)OC(C)C(=O)Nc2cc(Cl)ccc2C)cc1. The summed E-state index contributed by atoms with van der Waals surface area (Å²) in [5.41, 5.74) is 2.93. The molecule has 0 aliphatic rings. The Balaban J connectivity index is 2.01. The standard InChI is InChI=1S/C18H18ClNO3/c1-11-4-7-14(8-5-11)18(22)23-13(3)17(21)20-16-10-15(19)9-6-12(16)2/h4-10,13H,1-3H3,(H,20,21). The van der Waals surface area contributed by atoms with Crippen LogP contribution >= 0.6 is 11.6 Å². The fraction of sp³-hybridized carbons (Fsp3) is 0.222. The monoisotopic (exact) mass is 331 g/mol. The number of hydrogen-bond acceptors (Lipinski definition) is 3. The maximum absolute atomic E-state index is 12.2. The Labute approximate surface area is 140 Å². The molecule has 0 saturated carbocycles. The van der Waals surface area contributed by atoms with Gasteiger partial charge in [0.25, 0.3) is 5.91 Å². The van der Waals surface area contributed by atoms with Gasteiger partial charge in [0.2, 0.25) is 0 Å². The van der Waals surface area contributed by atoms with Crippen molar-refractivity contribution in [2.75, 3.05) is 5.32 Å². The summed E-state index contributed by atoms with van der Waals surface area (Å²) < 4.78 is 5.20. The predicted molar refractivity (Wildman–Crippen MR) is 90.9 cm³/mol. The molecule has 1 unspecified atom stereocenters. The van der Waals surface area contributed by atoms with Gasteiger partial charge in [-0.25, -0.2) is 4.79 Å². The molecule has 0 bridgehead atoms. The summed E-state index contributed by atoms with van der Waals surface area (Å²) in [4.78, 5) is 24.2. The van der Waals surface area contributed by atoms with Crippen LogP contribution in [0, 0.1) is 13.8 Å². The normalized spacial score (nSPS) is 11.7. The summed E-state index contributed by atoms with van der Waals surface area (Å²) in [5, 5.41) is 3.24. The van der Waals surface area contributed by atoms with E-state index in [9.17, 15) is 9.59 Å². The van der Waals surface area contributed by atoms with E-state index in [0.717, 1.165) is 11.1 Å². The van der Waals surface area contributed by atoms with Gasteiger partial charge in [0.1, 0.15) is 0 Å². The number of ether oxygens (including phenoxy) is 1. The first kappa shape index (κ1) is 17.0. The van der Waals surface area contributed by atoms with E-state index in [1.807, 2.05) is 26.0 Å². The lowest BCUT2D eigenvalue weighted by Gasteiger charge is -2.15. The molecule has 0 saturated heterocycles. The van der Waals surface area contributed by atoms with Gasteiger partial charge in [-0.05, 0) is 50.6 Å². The van der Waals surface area contributed by atoms with E-state index < -0.39 is 18.0 Å². The van der Waals surface area contributed by atoms with Crippen molar-refractivity contribution in [3.63, 3.8) is 0 Å². The smallest absolute Gasteiger partial charge is 0.338 e. The van der Waals surface area contributed by atoms with E-state index in [1.165, 1.54) is 6.92 Å². The van der Waals surface area contributed by atoms with Gasteiger partial charge >= 0.3 is 5.97 Å². The van der Waals surface area contributed by atoms with Crippen molar-refractivity contribution in [2.45, 2.75) is 26.9 Å². The van der Waals surface area contributed by atoms with Gasteiger partial charge in [-0.2, -0.15) is 0 Å². The number of halogens is 1. The maximum atomic E-state index is 12.2. The molecular weight excluding hydrogens is 314 g/mol. The number of anilines is 1. The summed E-state index contributed by atoms with van der Waals surface area (Å²) >= 11 is 5.92. The molecule has 1 atom stereocenters. The second-order valence-corrected chi connectivity index (χ2v) is 5.80. The summed E-state index contributed by atoms with van der Waals surface area (Å²) in [5.74, 6) is -0.939. The van der Waals surface area contributed by atoms with E-state index in [1.54, 1.807) is 30.3 Å². The number of aryl methyl sites for hydroxylation is 2. The highest BCUT2D eigenvalue weighted by Gasteiger charge is 2.19. The van der Waals surface area contributed by atoms with Crippen molar-refractivity contribution in [3.8, 4) is 0 Å². The average Bonchev–Trinajstić information content (AvgIpc) is 2.51. The highest BCUT2D eigenvalue weighted by molar-refractivity contribution is 6.31. The second kappa shape index (κ2) is 7.29. The Morgan fingerprint density at radius 1 is 1.09 bits per heavy atom. The fourth-order valence-corrected chi connectivity index (χ4v) is 2.11. The summed E-state index contributed by atoms with van der Waals surface area (Å²) in [6, 6.07) is 12.2. The molecule has 0 aromatic heterocycles. The van der Waals surface area contributed by atoms with Crippen molar-refractivity contribution in [3.05, 3.63) is 64.2 Å². The van der Waals surface area contributed by atoms with E-state index >= 15 is 0 Å². The minimum absolute atomic E-state index is 0.407. The molecule has 0 fully saturated rings. The lowest BCUT2D eigenvalue weighted by atomic mass is 10.1. The van der Waals surface area contributed by atoms with E-state index in [4.69, 9.17) is 16.3 Å². The van der Waals surface area contributed by atoms with Crippen LogP contribution in [0.4, 0.5) is 5.69 Å². The topological polar surface area (TPSA) is 55.4 Å². The molecular formula is C18H18ClNO3. The van der Waals surface area contributed by atoms with Crippen molar-refractivity contribution in [1.82, 2.24) is 0 Å². The lowest BCUT2D eigenvalue weighted by molar-refractivity contribution is -0.123. The summed E-state index contributed by atoms with van der Waals surface area (Å²) in [7, 11) is 0. The number of rotatable bonds is 4. The van der Waals surface area contributed by atoms with Crippen molar-refractivity contribution in [2.24, 2.45) is 0 Å². The molecule has 0 radical (unpaired) electrons. The molecule has 2 rings (SSSR count). The van der Waals surface area contributed by atoms with Crippen LogP contribution in [-0.4, -0.2) is 18.0 Å². The third-order valence-electron chi connectivity index (χ3n) is 3.40. The maximum Gasteiger partial charge on any atom is 0.338 e. The van der Waals surface area contributed by atoms with Gasteiger partial charge in [-0.15, -0.1) is 0 Å². The second-order valence-electron chi connectivity index (χ2n) is 5.36.